The fourth-order valence-corrected chi connectivity index (χ4v) is 4.31. The Morgan fingerprint density at radius 2 is 1.94 bits per heavy atom. The SMILES string of the molecule is CN[C@@H](C)C(=O)Nc1cnc(-c2ccc(C#N)cc2)n(CC(=O)N[C@@H]2CCCc3ccccc32)c1=O. The lowest BCUT2D eigenvalue weighted by molar-refractivity contribution is -0.122. The van der Waals surface area contributed by atoms with Crippen LogP contribution in [0.2, 0.25) is 0 Å². The molecular weight excluding hydrogens is 456 g/mol. The van der Waals surface area contributed by atoms with E-state index in [4.69, 9.17) is 5.26 Å². The number of hydrogen-bond donors (Lipinski definition) is 3. The molecule has 1 aromatic heterocycles. The summed E-state index contributed by atoms with van der Waals surface area (Å²) in [6, 6.07) is 16.0. The van der Waals surface area contributed by atoms with E-state index in [0.717, 1.165) is 24.8 Å². The van der Waals surface area contributed by atoms with Gasteiger partial charge in [-0.15, -0.1) is 0 Å². The molecule has 0 aliphatic heterocycles. The van der Waals surface area contributed by atoms with E-state index in [0.29, 0.717) is 11.1 Å². The minimum Gasteiger partial charge on any atom is -0.348 e. The Kier molecular flexibility index (Phi) is 7.56. The summed E-state index contributed by atoms with van der Waals surface area (Å²) >= 11 is 0. The molecule has 0 fully saturated rings. The van der Waals surface area contributed by atoms with Crippen LogP contribution in [0, 0.1) is 11.3 Å². The van der Waals surface area contributed by atoms with E-state index in [-0.39, 0.29) is 30.0 Å². The summed E-state index contributed by atoms with van der Waals surface area (Å²) in [4.78, 5) is 43.4. The second-order valence-corrected chi connectivity index (χ2v) is 8.79. The van der Waals surface area contributed by atoms with E-state index in [1.54, 1.807) is 38.2 Å². The molecular formula is C27H28N6O3. The molecule has 184 valence electrons. The first-order valence-corrected chi connectivity index (χ1v) is 11.9. The standard InChI is InChI=1S/C27H28N6O3/c1-17(29-2)26(35)32-23-15-30-25(20-12-10-18(14-28)11-13-20)33(27(23)36)16-24(34)31-22-9-5-7-19-6-3-4-8-21(19)22/h3-4,6,8,10-13,15,17,22,29H,5,7,9,16H2,1-2H3,(H,31,34)(H,32,35)/t17-,22+/m0/s1. The van der Waals surface area contributed by atoms with Gasteiger partial charge in [-0.25, -0.2) is 4.98 Å². The van der Waals surface area contributed by atoms with Crippen LogP contribution in [0.3, 0.4) is 0 Å². The number of rotatable bonds is 7. The van der Waals surface area contributed by atoms with Gasteiger partial charge in [-0.2, -0.15) is 5.26 Å². The highest BCUT2D eigenvalue weighted by atomic mass is 16.2. The summed E-state index contributed by atoms with van der Waals surface area (Å²) in [7, 11) is 1.64. The first-order chi connectivity index (χ1) is 17.4. The van der Waals surface area contributed by atoms with Gasteiger partial charge in [-0.05, 0) is 68.6 Å². The first kappa shape index (κ1) is 24.8. The van der Waals surface area contributed by atoms with E-state index in [9.17, 15) is 14.4 Å². The monoisotopic (exact) mass is 484 g/mol. The molecule has 2 amide bonds. The third-order valence-corrected chi connectivity index (χ3v) is 6.41. The highest BCUT2D eigenvalue weighted by Gasteiger charge is 2.23. The van der Waals surface area contributed by atoms with Gasteiger partial charge < -0.3 is 16.0 Å². The van der Waals surface area contributed by atoms with Crippen LogP contribution in [0.4, 0.5) is 5.69 Å². The Hall–Kier alpha value is -4.29. The van der Waals surface area contributed by atoms with E-state index in [1.165, 1.54) is 16.3 Å². The van der Waals surface area contributed by atoms with E-state index >= 15 is 0 Å². The van der Waals surface area contributed by atoms with Gasteiger partial charge >= 0.3 is 0 Å². The van der Waals surface area contributed by atoms with Crippen molar-refractivity contribution in [1.29, 1.82) is 5.26 Å². The molecule has 2 atom stereocenters. The molecule has 9 nitrogen and oxygen atoms in total. The maximum atomic E-state index is 13.4. The molecule has 0 saturated carbocycles. The quantitative estimate of drug-likeness (QED) is 0.473. The predicted molar refractivity (Wildman–Crippen MR) is 136 cm³/mol. The molecule has 1 heterocycles. The maximum Gasteiger partial charge on any atom is 0.278 e. The summed E-state index contributed by atoms with van der Waals surface area (Å²) in [5.41, 5.74) is 2.79. The van der Waals surface area contributed by atoms with Crippen LogP contribution in [-0.4, -0.2) is 34.5 Å². The number of aryl methyl sites for hydroxylation is 1. The van der Waals surface area contributed by atoms with Gasteiger partial charge in [0.1, 0.15) is 18.1 Å². The molecule has 4 rings (SSSR count). The highest BCUT2D eigenvalue weighted by molar-refractivity contribution is 5.94. The number of carbonyl (C=O) groups is 2. The molecule has 1 aliphatic rings. The number of fused-ring (bicyclic) bond motifs is 1. The molecule has 0 radical (unpaired) electrons. The number of nitriles is 1. The lowest BCUT2D eigenvalue weighted by atomic mass is 9.88. The molecule has 0 bridgehead atoms. The van der Waals surface area contributed by atoms with Gasteiger partial charge in [-0.3, -0.25) is 19.0 Å². The van der Waals surface area contributed by atoms with E-state index < -0.39 is 17.5 Å². The third-order valence-electron chi connectivity index (χ3n) is 6.41. The normalized spacial score (nSPS) is 15.3. The van der Waals surface area contributed by atoms with Crippen LogP contribution in [-0.2, 0) is 22.6 Å². The number of anilines is 1. The summed E-state index contributed by atoms with van der Waals surface area (Å²) in [5, 5.41) is 17.6. The minimum absolute atomic E-state index is 0.0182. The van der Waals surface area contributed by atoms with Crippen LogP contribution in [0.1, 0.15) is 42.5 Å². The summed E-state index contributed by atoms with van der Waals surface area (Å²) in [6.07, 6.45) is 4.05. The van der Waals surface area contributed by atoms with E-state index in [2.05, 4.69) is 33.1 Å². The lowest BCUT2D eigenvalue weighted by Gasteiger charge is -2.26. The van der Waals surface area contributed by atoms with Crippen LogP contribution in [0.5, 0.6) is 0 Å². The second kappa shape index (κ2) is 11.0. The number of nitrogens with zero attached hydrogens (tertiary/aromatic N) is 3. The van der Waals surface area contributed by atoms with Crippen LogP contribution in [0.25, 0.3) is 11.4 Å². The fourth-order valence-electron chi connectivity index (χ4n) is 4.31. The molecule has 9 heteroatoms. The van der Waals surface area contributed by atoms with Crippen molar-refractivity contribution in [3.8, 4) is 17.5 Å². The maximum absolute atomic E-state index is 13.4. The molecule has 0 saturated heterocycles. The van der Waals surface area contributed by atoms with Gasteiger partial charge in [0.25, 0.3) is 5.56 Å². The van der Waals surface area contributed by atoms with Crippen molar-refractivity contribution in [3.05, 3.63) is 81.8 Å². The van der Waals surface area contributed by atoms with Crippen molar-refractivity contribution in [2.45, 2.75) is 44.8 Å². The Bertz CT molecular complexity index is 1370. The van der Waals surface area contributed by atoms with E-state index in [1.807, 2.05) is 18.2 Å². The zero-order valence-corrected chi connectivity index (χ0v) is 20.2. The van der Waals surface area contributed by atoms with Crippen molar-refractivity contribution < 1.29 is 9.59 Å². The Morgan fingerprint density at radius 3 is 2.67 bits per heavy atom. The van der Waals surface area contributed by atoms with Crippen LogP contribution < -0.4 is 21.5 Å². The topological polar surface area (TPSA) is 129 Å². The molecule has 36 heavy (non-hydrogen) atoms. The molecule has 0 spiro atoms. The van der Waals surface area contributed by atoms with Crippen molar-refractivity contribution in [3.63, 3.8) is 0 Å². The average Bonchev–Trinajstić information content (AvgIpc) is 2.90. The molecule has 3 aromatic rings. The number of carbonyl (C=O) groups excluding carboxylic acids is 2. The number of amides is 2. The van der Waals surface area contributed by atoms with Gasteiger partial charge in [0, 0.05) is 5.56 Å². The van der Waals surface area contributed by atoms with Gasteiger partial charge in [-0.1, -0.05) is 24.3 Å². The Balaban J connectivity index is 1.66. The average molecular weight is 485 g/mol. The molecule has 1 aliphatic carbocycles. The van der Waals surface area contributed by atoms with Crippen molar-refractivity contribution in [2.75, 3.05) is 12.4 Å². The molecule has 2 aromatic carbocycles. The number of aromatic nitrogens is 2. The van der Waals surface area contributed by atoms with Crippen LogP contribution in [0.15, 0.2) is 59.5 Å². The summed E-state index contributed by atoms with van der Waals surface area (Å²) in [6.45, 7) is 1.40. The summed E-state index contributed by atoms with van der Waals surface area (Å²) < 4.78 is 1.26. The van der Waals surface area contributed by atoms with Crippen molar-refractivity contribution >= 4 is 17.5 Å². The second-order valence-electron chi connectivity index (χ2n) is 8.79. The Labute approximate surface area is 209 Å². The zero-order chi connectivity index (χ0) is 25.7. The Morgan fingerprint density at radius 1 is 1.19 bits per heavy atom. The molecule has 0 unspecified atom stereocenters. The summed E-state index contributed by atoms with van der Waals surface area (Å²) in [5.74, 6) is -0.455. The fraction of sp³-hybridized carbons (Fsp3) is 0.296. The number of nitrogens with one attached hydrogen (secondary N) is 3. The predicted octanol–water partition coefficient (Wildman–Crippen LogP) is 2.52. The lowest BCUT2D eigenvalue weighted by Crippen LogP contribution is -2.40. The largest absolute Gasteiger partial charge is 0.348 e. The van der Waals surface area contributed by atoms with Crippen molar-refractivity contribution in [1.82, 2.24) is 20.2 Å². The molecule has 3 N–H and O–H groups in total. The highest BCUT2D eigenvalue weighted by Crippen LogP contribution is 2.29. The van der Waals surface area contributed by atoms with Gasteiger partial charge in [0.2, 0.25) is 11.8 Å². The van der Waals surface area contributed by atoms with Gasteiger partial charge in [0.05, 0.1) is 29.9 Å². The zero-order valence-electron chi connectivity index (χ0n) is 20.2. The third kappa shape index (κ3) is 5.34. The van der Waals surface area contributed by atoms with Gasteiger partial charge in [0.15, 0.2) is 0 Å². The minimum atomic E-state index is -0.541. The van der Waals surface area contributed by atoms with Crippen LogP contribution >= 0.6 is 0 Å². The number of benzene rings is 2. The van der Waals surface area contributed by atoms with Crippen molar-refractivity contribution in [2.24, 2.45) is 0 Å². The number of hydrogen-bond acceptors (Lipinski definition) is 6. The number of likely N-dealkylation sites (N-methyl/N-ethyl adjacent to an activating group) is 1. The smallest absolute Gasteiger partial charge is 0.278 e. The first-order valence-electron chi connectivity index (χ1n) is 11.9.